The molecule has 0 saturated heterocycles. The normalized spacial score (nSPS) is 11.8. The molecule has 0 aliphatic rings. The quantitative estimate of drug-likeness (QED) is 0.564. The summed E-state index contributed by atoms with van der Waals surface area (Å²) in [6.45, 7) is 3.86. The molecule has 1 N–H and O–H groups in total. The van der Waals surface area contributed by atoms with Crippen molar-refractivity contribution in [3.63, 3.8) is 0 Å². The van der Waals surface area contributed by atoms with E-state index in [1.807, 2.05) is 13.8 Å². The minimum Gasteiger partial charge on any atom is -0.493 e. The molecule has 1 aromatic heterocycles. The second-order valence-electron chi connectivity index (χ2n) is 6.82. The van der Waals surface area contributed by atoms with Crippen LogP contribution >= 0.6 is 11.3 Å². The summed E-state index contributed by atoms with van der Waals surface area (Å²) in [6.07, 6.45) is 0. The maximum Gasteiger partial charge on any atom is 0.308 e. The standard InChI is InChI=1S/C20H24N2O6S2/c1-12(2)22-15-7-6-14(10-18(15)29-20(22)23)30(24,25)21-11-13-8-16(26-3)19(28-5)17(9-13)27-4/h6-10,12,21H,11H2,1-5H3. The van der Waals surface area contributed by atoms with Gasteiger partial charge in [-0.25, -0.2) is 13.1 Å². The molecule has 162 valence electrons. The lowest BCUT2D eigenvalue weighted by atomic mass is 10.2. The minimum atomic E-state index is -3.80. The lowest BCUT2D eigenvalue weighted by Gasteiger charge is -2.14. The van der Waals surface area contributed by atoms with E-state index in [0.29, 0.717) is 27.5 Å². The number of nitrogens with one attached hydrogen (secondary N) is 1. The van der Waals surface area contributed by atoms with Gasteiger partial charge in [-0.3, -0.25) is 9.36 Å². The number of sulfonamides is 1. The summed E-state index contributed by atoms with van der Waals surface area (Å²) >= 11 is 1.03. The van der Waals surface area contributed by atoms with E-state index < -0.39 is 10.0 Å². The van der Waals surface area contributed by atoms with E-state index in [0.717, 1.165) is 16.9 Å². The molecule has 0 unspecified atom stereocenters. The van der Waals surface area contributed by atoms with E-state index in [4.69, 9.17) is 14.2 Å². The Balaban J connectivity index is 1.89. The van der Waals surface area contributed by atoms with E-state index in [-0.39, 0.29) is 22.4 Å². The molecular formula is C20H24N2O6S2. The Labute approximate surface area is 179 Å². The number of thiazole rings is 1. The fraction of sp³-hybridized carbons (Fsp3) is 0.350. The average Bonchev–Trinajstić information content (AvgIpc) is 3.06. The zero-order chi connectivity index (χ0) is 22.1. The molecule has 2 aromatic carbocycles. The van der Waals surface area contributed by atoms with Crippen molar-refractivity contribution >= 4 is 31.6 Å². The van der Waals surface area contributed by atoms with E-state index in [1.54, 1.807) is 22.8 Å². The van der Waals surface area contributed by atoms with Crippen LogP contribution in [0.3, 0.4) is 0 Å². The average molecular weight is 453 g/mol. The number of methoxy groups -OCH3 is 3. The highest BCUT2D eigenvalue weighted by Gasteiger charge is 2.19. The van der Waals surface area contributed by atoms with Crippen molar-refractivity contribution in [2.45, 2.75) is 31.3 Å². The van der Waals surface area contributed by atoms with Crippen LogP contribution in [0.1, 0.15) is 25.5 Å². The van der Waals surface area contributed by atoms with Gasteiger partial charge >= 0.3 is 4.87 Å². The van der Waals surface area contributed by atoms with Crippen LogP contribution in [0.5, 0.6) is 17.2 Å². The molecular weight excluding hydrogens is 428 g/mol. The molecule has 3 rings (SSSR count). The Morgan fingerprint density at radius 3 is 2.20 bits per heavy atom. The van der Waals surface area contributed by atoms with Crippen LogP contribution in [0, 0.1) is 0 Å². The molecule has 0 aliphatic carbocycles. The molecule has 30 heavy (non-hydrogen) atoms. The number of benzene rings is 2. The van der Waals surface area contributed by atoms with Gasteiger partial charge in [-0.1, -0.05) is 11.3 Å². The molecule has 3 aromatic rings. The number of aromatic nitrogens is 1. The van der Waals surface area contributed by atoms with Crippen molar-refractivity contribution < 1.29 is 22.6 Å². The summed E-state index contributed by atoms with van der Waals surface area (Å²) < 4.78 is 46.4. The third-order valence-electron chi connectivity index (χ3n) is 4.60. The Kier molecular flexibility index (Phi) is 6.39. The third-order valence-corrected chi connectivity index (χ3v) is 6.92. The predicted molar refractivity (Wildman–Crippen MR) is 117 cm³/mol. The summed E-state index contributed by atoms with van der Waals surface area (Å²) in [5, 5.41) is 0. The van der Waals surface area contributed by atoms with Crippen molar-refractivity contribution in [1.82, 2.24) is 9.29 Å². The molecule has 0 saturated carbocycles. The SMILES string of the molecule is COc1cc(CNS(=O)(=O)c2ccc3c(c2)sc(=O)n3C(C)C)cc(OC)c1OC. The highest BCUT2D eigenvalue weighted by atomic mass is 32.2. The van der Waals surface area contributed by atoms with Crippen molar-refractivity contribution in [2.24, 2.45) is 0 Å². The maximum absolute atomic E-state index is 12.8. The van der Waals surface area contributed by atoms with Crippen molar-refractivity contribution in [3.05, 3.63) is 45.6 Å². The first-order valence-corrected chi connectivity index (χ1v) is 11.5. The van der Waals surface area contributed by atoms with Gasteiger partial charge in [0.25, 0.3) is 0 Å². The fourth-order valence-corrected chi connectivity index (χ4v) is 5.34. The lowest BCUT2D eigenvalue weighted by Crippen LogP contribution is -2.23. The minimum absolute atomic E-state index is 0.00753. The van der Waals surface area contributed by atoms with Crippen LogP contribution in [-0.2, 0) is 16.6 Å². The number of nitrogens with zero attached hydrogens (tertiary/aromatic N) is 1. The van der Waals surface area contributed by atoms with Crippen LogP contribution in [-0.4, -0.2) is 34.3 Å². The molecule has 1 heterocycles. The Morgan fingerprint density at radius 1 is 1.03 bits per heavy atom. The fourth-order valence-electron chi connectivity index (χ4n) is 3.17. The van der Waals surface area contributed by atoms with Crippen LogP contribution in [0.15, 0.2) is 40.0 Å². The second-order valence-corrected chi connectivity index (χ2v) is 9.58. The number of fused-ring (bicyclic) bond motifs is 1. The van der Waals surface area contributed by atoms with E-state index in [2.05, 4.69) is 4.72 Å². The maximum atomic E-state index is 12.8. The first-order valence-electron chi connectivity index (χ1n) is 9.15. The van der Waals surface area contributed by atoms with Crippen LogP contribution in [0.25, 0.3) is 10.2 Å². The van der Waals surface area contributed by atoms with E-state index in [9.17, 15) is 13.2 Å². The Hall–Kier alpha value is -2.56. The molecule has 10 heteroatoms. The van der Waals surface area contributed by atoms with Gasteiger partial charge in [-0.15, -0.1) is 0 Å². The molecule has 0 fully saturated rings. The Morgan fingerprint density at radius 2 is 1.67 bits per heavy atom. The molecule has 0 spiro atoms. The smallest absolute Gasteiger partial charge is 0.308 e. The summed E-state index contributed by atoms with van der Waals surface area (Å²) in [5.74, 6) is 1.31. The number of hydrogen-bond donors (Lipinski definition) is 1. The molecule has 0 radical (unpaired) electrons. The first-order chi connectivity index (χ1) is 14.2. The second kappa shape index (κ2) is 8.66. The number of rotatable bonds is 8. The number of hydrogen-bond acceptors (Lipinski definition) is 7. The highest BCUT2D eigenvalue weighted by molar-refractivity contribution is 7.89. The van der Waals surface area contributed by atoms with Crippen molar-refractivity contribution in [1.29, 1.82) is 0 Å². The Bertz CT molecular complexity index is 1200. The van der Waals surface area contributed by atoms with Crippen LogP contribution in [0.4, 0.5) is 0 Å². The van der Waals surface area contributed by atoms with Gasteiger partial charge < -0.3 is 14.2 Å². The zero-order valence-electron chi connectivity index (χ0n) is 17.4. The largest absolute Gasteiger partial charge is 0.493 e. The van der Waals surface area contributed by atoms with Crippen molar-refractivity contribution in [2.75, 3.05) is 21.3 Å². The lowest BCUT2D eigenvalue weighted by molar-refractivity contribution is 0.323. The monoisotopic (exact) mass is 452 g/mol. The van der Waals surface area contributed by atoms with Gasteiger partial charge in [0, 0.05) is 12.6 Å². The van der Waals surface area contributed by atoms with Gasteiger partial charge in [-0.05, 0) is 49.7 Å². The van der Waals surface area contributed by atoms with Gasteiger partial charge in [0.1, 0.15) is 0 Å². The van der Waals surface area contributed by atoms with Gasteiger partial charge in [0.15, 0.2) is 11.5 Å². The highest BCUT2D eigenvalue weighted by Crippen LogP contribution is 2.38. The van der Waals surface area contributed by atoms with Crippen molar-refractivity contribution in [3.8, 4) is 17.2 Å². The van der Waals surface area contributed by atoms with E-state index >= 15 is 0 Å². The first kappa shape index (κ1) is 22.1. The predicted octanol–water partition coefficient (Wildman–Crippen LogP) is 3.15. The summed E-state index contributed by atoms with van der Waals surface area (Å²) in [7, 11) is 0.694. The molecule has 0 amide bonds. The molecule has 0 bridgehead atoms. The molecule has 8 nitrogen and oxygen atoms in total. The van der Waals surface area contributed by atoms with E-state index in [1.165, 1.54) is 33.5 Å². The van der Waals surface area contributed by atoms with Gasteiger partial charge in [-0.2, -0.15) is 0 Å². The van der Waals surface area contributed by atoms with Crippen LogP contribution < -0.4 is 23.8 Å². The number of ether oxygens (including phenoxy) is 3. The van der Waals surface area contributed by atoms with Crippen LogP contribution in [0.2, 0.25) is 0 Å². The summed E-state index contributed by atoms with van der Waals surface area (Å²) in [4.78, 5) is 12.2. The molecule has 0 aliphatic heterocycles. The van der Waals surface area contributed by atoms with Gasteiger partial charge in [0.05, 0.1) is 36.4 Å². The topological polar surface area (TPSA) is 95.9 Å². The third kappa shape index (κ3) is 4.16. The summed E-state index contributed by atoms with van der Waals surface area (Å²) in [5.41, 5.74) is 1.37. The summed E-state index contributed by atoms with van der Waals surface area (Å²) in [6, 6.07) is 8.06. The molecule has 0 atom stereocenters. The van der Waals surface area contributed by atoms with Gasteiger partial charge in [0.2, 0.25) is 15.8 Å². The zero-order valence-corrected chi connectivity index (χ0v) is 19.0.